The highest BCUT2D eigenvalue weighted by Crippen LogP contribution is 2.18. The molecule has 0 aliphatic heterocycles. The molecule has 0 fully saturated rings. The van der Waals surface area contributed by atoms with Crippen molar-refractivity contribution in [2.24, 2.45) is 0 Å². The number of amides is 2. The van der Waals surface area contributed by atoms with Crippen molar-refractivity contribution in [1.29, 1.82) is 0 Å². The van der Waals surface area contributed by atoms with E-state index in [1.54, 1.807) is 0 Å². The van der Waals surface area contributed by atoms with E-state index in [0.717, 1.165) is 22.3 Å². The summed E-state index contributed by atoms with van der Waals surface area (Å²) in [7, 11) is 0. The topological polar surface area (TPSA) is 78.4 Å². The molecular formula is C20H24N2O3. The van der Waals surface area contributed by atoms with Gasteiger partial charge in [-0.2, -0.15) is 0 Å². The lowest BCUT2D eigenvalue weighted by Crippen LogP contribution is -2.32. The third-order valence-electron chi connectivity index (χ3n) is 4.01. The second-order valence-corrected chi connectivity index (χ2v) is 6.07. The number of hydrogen-bond acceptors (Lipinski definition) is 3. The molecule has 0 bridgehead atoms. The summed E-state index contributed by atoms with van der Waals surface area (Å²) in [5, 5.41) is 15.0. The SMILES string of the molecule is CC(=O)NC(CC(=O)NCc1ccccc1CO)c1ccc(C)cc1. The van der Waals surface area contributed by atoms with E-state index in [-0.39, 0.29) is 30.9 Å². The van der Waals surface area contributed by atoms with E-state index in [4.69, 9.17) is 0 Å². The lowest BCUT2D eigenvalue weighted by Gasteiger charge is -2.18. The van der Waals surface area contributed by atoms with Crippen LogP contribution in [0.5, 0.6) is 0 Å². The molecule has 0 aliphatic rings. The van der Waals surface area contributed by atoms with Crippen LogP contribution in [0.4, 0.5) is 0 Å². The van der Waals surface area contributed by atoms with Crippen LogP contribution < -0.4 is 10.6 Å². The lowest BCUT2D eigenvalue weighted by atomic mass is 10.0. The second-order valence-electron chi connectivity index (χ2n) is 6.07. The lowest BCUT2D eigenvalue weighted by molar-refractivity contribution is -0.122. The normalized spacial score (nSPS) is 11.6. The van der Waals surface area contributed by atoms with Crippen molar-refractivity contribution in [3.05, 3.63) is 70.8 Å². The van der Waals surface area contributed by atoms with Gasteiger partial charge in [-0.15, -0.1) is 0 Å². The van der Waals surface area contributed by atoms with Gasteiger partial charge in [0.25, 0.3) is 0 Å². The molecular weight excluding hydrogens is 316 g/mol. The zero-order valence-corrected chi connectivity index (χ0v) is 14.6. The molecule has 2 aromatic carbocycles. The molecule has 0 aromatic heterocycles. The maximum absolute atomic E-state index is 12.3. The van der Waals surface area contributed by atoms with Gasteiger partial charge in [-0.05, 0) is 23.6 Å². The molecule has 0 spiro atoms. The van der Waals surface area contributed by atoms with Crippen molar-refractivity contribution >= 4 is 11.8 Å². The first-order chi connectivity index (χ1) is 12.0. The summed E-state index contributed by atoms with van der Waals surface area (Å²) in [4.78, 5) is 23.8. The van der Waals surface area contributed by atoms with Gasteiger partial charge in [0.05, 0.1) is 19.1 Å². The minimum absolute atomic E-state index is 0.0655. The zero-order valence-electron chi connectivity index (χ0n) is 14.6. The average molecular weight is 340 g/mol. The fraction of sp³-hybridized carbons (Fsp3) is 0.300. The quantitative estimate of drug-likeness (QED) is 0.724. The Bertz CT molecular complexity index is 726. The van der Waals surface area contributed by atoms with Crippen LogP contribution in [0.15, 0.2) is 48.5 Å². The number of carbonyl (C=O) groups is 2. The summed E-state index contributed by atoms with van der Waals surface area (Å²) in [6, 6.07) is 14.8. The summed E-state index contributed by atoms with van der Waals surface area (Å²) < 4.78 is 0. The van der Waals surface area contributed by atoms with E-state index in [0.29, 0.717) is 6.54 Å². The van der Waals surface area contributed by atoms with E-state index in [1.807, 2.05) is 55.5 Å². The van der Waals surface area contributed by atoms with Crippen LogP contribution in [0.3, 0.4) is 0 Å². The van der Waals surface area contributed by atoms with Crippen molar-refractivity contribution in [3.63, 3.8) is 0 Å². The third-order valence-corrected chi connectivity index (χ3v) is 4.01. The Morgan fingerprint density at radius 3 is 2.28 bits per heavy atom. The monoisotopic (exact) mass is 340 g/mol. The summed E-state index contributed by atoms with van der Waals surface area (Å²) in [5.41, 5.74) is 3.69. The van der Waals surface area contributed by atoms with E-state index < -0.39 is 0 Å². The molecule has 5 heteroatoms. The van der Waals surface area contributed by atoms with Gasteiger partial charge in [-0.25, -0.2) is 0 Å². The molecule has 2 rings (SSSR count). The first kappa shape index (κ1) is 18.7. The van der Waals surface area contributed by atoms with Crippen LogP contribution in [0, 0.1) is 6.92 Å². The van der Waals surface area contributed by atoms with Gasteiger partial charge in [0, 0.05) is 13.5 Å². The molecule has 1 unspecified atom stereocenters. The van der Waals surface area contributed by atoms with Crippen LogP contribution in [0.1, 0.15) is 41.6 Å². The van der Waals surface area contributed by atoms with Gasteiger partial charge in [-0.1, -0.05) is 54.1 Å². The number of benzene rings is 2. The van der Waals surface area contributed by atoms with Crippen molar-refractivity contribution in [2.75, 3.05) is 0 Å². The zero-order chi connectivity index (χ0) is 18.2. The molecule has 132 valence electrons. The Hall–Kier alpha value is -2.66. The van der Waals surface area contributed by atoms with E-state index >= 15 is 0 Å². The highest BCUT2D eigenvalue weighted by Gasteiger charge is 2.17. The third kappa shape index (κ3) is 5.72. The van der Waals surface area contributed by atoms with Gasteiger partial charge in [-0.3, -0.25) is 9.59 Å². The Labute approximate surface area is 148 Å². The number of aryl methyl sites for hydroxylation is 1. The molecule has 0 saturated carbocycles. The molecule has 1 atom stereocenters. The van der Waals surface area contributed by atoms with Gasteiger partial charge >= 0.3 is 0 Å². The predicted octanol–water partition coefficient (Wildman–Crippen LogP) is 2.37. The minimum atomic E-state index is -0.369. The Kier molecular flexibility index (Phi) is 6.71. The maximum atomic E-state index is 12.3. The maximum Gasteiger partial charge on any atom is 0.222 e. The molecule has 3 N–H and O–H groups in total. The smallest absolute Gasteiger partial charge is 0.222 e. The summed E-state index contributed by atoms with van der Waals surface area (Å²) in [6.45, 7) is 3.71. The summed E-state index contributed by atoms with van der Waals surface area (Å²) in [5.74, 6) is -0.337. The van der Waals surface area contributed by atoms with E-state index in [2.05, 4.69) is 10.6 Å². The Morgan fingerprint density at radius 2 is 1.68 bits per heavy atom. The Balaban J connectivity index is 2.01. The van der Waals surface area contributed by atoms with Gasteiger partial charge < -0.3 is 15.7 Å². The van der Waals surface area contributed by atoms with E-state index in [1.165, 1.54) is 6.92 Å². The summed E-state index contributed by atoms with van der Waals surface area (Å²) in [6.07, 6.45) is 0.157. The molecule has 0 radical (unpaired) electrons. The van der Waals surface area contributed by atoms with Crippen LogP contribution in [0.25, 0.3) is 0 Å². The predicted molar refractivity (Wildman–Crippen MR) is 96.6 cm³/mol. The van der Waals surface area contributed by atoms with Crippen molar-refractivity contribution in [3.8, 4) is 0 Å². The first-order valence-corrected chi connectivity index (χ1v) is 8.27. The van der Waals surface area contributed by atoms with Gasteiger partial charge in [0.15, 0.2) is 0 Å². The first-order valence-electron chi connectivity index (χ1n) is 8.27. The van der Waals surface area contributed by atoms with Crippen LogP contribution in [-0.2, 0) is 22.7 Å². The fourth-order valence-electron chi connectivity index (χ4n) is 2.63. The van der Waals surface area contributed by atoms with Gasteiger partial charge in [0.1, 0.15) is 0 Å². The molecule has 0 saturated heterocycles. The highest BCUT2D eigenvalue weighted by atomic mass is 16.3. The standard InChI is InChI=1S/C20H24N2O3/c1-14-7-9-16(10-8-14)19(22-15(2)24)11-20(25)21-12-17-5-3-4-6-18(17)13-23/h3-10,19,23H,11-13H2,1-2H3,(H,21,25)(H,22,24). The number of carbonyl (C=O) groups excluding carboxylic acids is 2. The van der Waals surface area contributed by atoms with Gasteiger partial charge in [0.2, 0.25) is 11.8 Å². The van der Waals surface area contributed by atoms with Crippen molar-refractivity contribution < 1.29 is 14.7 Å². The minimum Gasteiger partial charge on any atom is -0.392 e. The van der Waals surface area contributed by atoms with Crippen molar-refractivity contribution in [2.45, 2.75) is 39.5 Å². The molecule has 0 aliphatic carbocycles. The molecule has 5 nitrogen and oxygen atoms in total. The highest BCUT2D eigenvalue weighted by molar-refractivity contribution is 5.79. The fourth-order valence-corrected chi connectivity index (χ4v) is 2.63. The number of aliphatic hydroxyl groups is 1. The molecule has 25 heavy (non-hydrogen) atoms. The number of nitrogens with one attached hydrogen (secondary N) is 2. The van der Waals surface area contributed by atoms with Crippen LogP contribution in [-0.4, -0.2) is 16.9 Å². The van der Waals surface area contributed by atoms with E-state index in [9.17, 15) is 14.7 Å². The van der Waals surface area contributed by atoms with Crippen LogP contribution in [0.2, 0.25) is 0 Å². The van der Waals surface area contributed by atoms with Crippen molar-refractivity contribution in [1.82, 2.24) is 10.6 Å². The molecule has 0 heterocycles. The molecule has 2 amide bonds. The average Bonchev–Trinajstić information content (AvgIpc) is 2.60. The largest absolute Gasteiger partial charge is 0.392 e. The van der Waals surface area contributed by atoms with Crippen LogP contribution >= 0.6 is 0 Å². The number of aliphatic hydroxyl groups excluding tert-OH is 1. The number of hydrogen-bond donors (Lipinski definition) is 3. The Morgan fingerprint density at radius 1 is 1.04 bits per heavy atom. The molecule has 2 aromatic rings. The summed E-state index contributed by atoms with van der Waals surface area (Å²) >= 11 is 0. The second kappa shape index (κ2) is 8.99. The number of rotatable bonds is 7.